The number of aryl methyl sites for hydroxylation is 2. The highest BCUT2D eigenvalue weighted by Crippen LogP contribution is 2.24. The second kappa shape index (κ2) is 9.51. The minimum atomic E-state index is -3.59. The first-order valence-electron chi connectivity index (χ1n) is 10.4. The Balaban J connectivity index is 1.62. The van der Waals surface area contributed by atoms with Crippen LogP contribution in [-0.4, -0.2) is 40.2 Å². The number of amides is 1. The van der Waals surface area contributed by atoms with Crippen LogP contribution in [0.4, 0.5) is 11.4 Å². The van der Waals surface area contributed by atoms with Crippen LogP contribution in [0.1, 0.15) is 36.0 Å². The van der Waals surface area contributed by atoms with Crippen molar-refractivity contribution in [3.63, 3.8) is 0 Å². The fourth-order valence-electron chi connectivity index (χ4n) is 3.73. The first-order valence-corrected chi connectivity index (χ1v) is 12.2. The van der Waals surface area contributed by atoms with E-state index < -0.39 is 10.0 Å². The average molecular weight is 430 g/mol. The van der Waals surface area contributed by atoms with Gasteiger partial charge in [-0.3, -0.25) is 9.10 Å². The molecule has 1 amide bonds. The monoisotopic (exact) mass is 429 g/mol. The van der Waals surface area contributed by atoms with Gasteiger partial charge in [-0.1, -0.05) is 24.3 Å². The Labute approximate surface area is 179 Å². The Morgan fingerprint density at radius 3 is 2.33 bits per heavy atom. The van der Waals surface area contributed by atoms with E-state index in [-0.39, 0.29) is 12.5 Å². The predicted molar refractivity (Wildman–Crippen MR) is 122 cm³/mol. The highest BCUT2D eigenvalue weighted by atomic mass is 32.2. The molecule has 0 radical (unpaired) electrons. The molecule has 6 nitrogen and oxygen atoms in total. The average Bonchev–Trinajstić information content (AvgIpc) is 2.72. The number of hydrogen-bond acceptors (Lipinski definition) is 4. The lowest BCUT2D eigenvalue weighted by molar-refractivity contribution is -0.119. The van der Waals surface area contributed by atoms with Gasteiger partial charge in [-0.2, -0.15) is 0 Å². The fraction of sp³-hybridized carbons (Fsp3) is 0.435. The van der Waals surface area contributed by atoms with E-state index in [0.717, 1.165) is 36.0 Å². The zero-order valence-electron chi connectivity index (χ0n) is 18.0. The lowest BCUT2D eigenvalue weighted by Gasteiger charge is -2.28. The van der Waals surface area contributed by atoms with E-state index in [1.807, 2.05) is 38.1 Å². The van der Waals surface area contributed by atoms with Crippen LogP contribution < -0.4 is 14.5 Å². The Morgan fingerprint density at radius 2 is 1.70 bits per heavy atom. The number of hydrogen-bond donors (Lipinski definition) is 1. The molecule has 0 aliphatic carbocycles. The smallest absolute Gasteiger partial charge is 0.241 e. The Bertz CT molecular complexity index is 981. The molecule has 0 bridgehead atoms. The number of anilines is 2. The van der Waals surface area contributed by atoms with Gasteiger partial charge < -0.3 is 10.2 Å². The number of sulfonamides is 1. The van der Waals surface area contributed by atoms with Crippen LogP contribution in [0.5, 0.6) is 0 Å². The molecule has 0 spiro atoms. The van der Waals surface area contributed by atoms with Crippen molar-refractivity contribution in [2.24, 2.45) is 0 Å². The number of piperidine rings is 1. The van der Waals surface area contributed by atoms with E-state index in [2.05, 4.69) is 22.3 Å². The van der Waals surface area contributed by atoms with Gasteiger partial charge in [0.1, 0.15) is 6.54 Å². The van der Waals surface area contributed by atoms with Crippen molar-refractivity contribution in [1.82, 2.24) is 5.32 Å². The molecule has 1 heterocycles. The van der Waals surface area contributed by atoms with Crippen molar-refractivity contribution in [3.05, 3.63) is 59.2 Å². The van der Waals surface area contributed by atoms with Crippen molar-refractivity contribution >= 4 is 27.3 Å². The molecule has 1 aliphatic heterocycles. The summed E-state index contributed by atoms with van der Waals surface area (Å²) >= 11 is 0. The summed E-state index contributed by atoms with van der Waals surface area (Å²) in [6.07, 6.45) is 4.89. The number of rotatable bonds is 7. The first kappa shape index (κ1) is 22.2. The molecule has 1 saturated heterocycles. The molecular weight excluding hydrogens is 398 g/mol. The number of carbonyl (C=O) groups excluding carboxylic acids is 1. The normalized spacial score (nSPS) is 14.4. The highest BCUT2D eigenvalue weighted by Gasteiger charge is 2.22. The van der Waals surface area contributed by atoms with E-state index in [1.165, 1.54) is 29.3 Å². The molecule has 30 heavy (non-hydrogen) atoms. The van der Waals surface area contributed by atoms with Gasteiger partial charge in [0.15, 0.2) is 0 Å². The maximum absolute atomic E-state index is 12.5. The molecule has 0 saturated carbocycles. The van der Waals surface area contributed by atoms with Gasteiger partial charge in [0.25, 0.3) is 0 Å². The quantitative estimate of drug-likeness (QED) is 0.733. The molecule has 1 N–H and O–H groups in total. The molecule has 3 rings (SSSR count). The minimum absolute atomic E-state index is 0.241. The molecule has 162 valence electrons. The summed E-state index contributed by atoms with van der Waals surface area (Å²) in [5.41, 5.74) is 4.49. The molecule has 7 heteroatoms. The van der Waals surface area contributed by atoms with Crippen LogP contribution in [0.3, 0.4) is 0 Å². The molecule has 1 aliphatic rings. The molecule has 0 atom stereocenters. The third-order valence-electron chi connectivity index (χ3n) is 5.47. The van der Waals surface area contributed by atoms with E-state index in [4.69, 9.17) is 0 Å². The summed E-state index contributed by atoms with van der Waals surface area (Å²) < 4.78 is 25.8. The molecule has 2 aromatic rings. The molecule has 2 aromatic carbocycles. The van der Waals surface area contributed by atoms with E-state index in [1.54, 1.807) is 6.07 Å². The number of nitrogens with zero attached hydrogens (tertiary/aromatic N) is 2. The number of nitrogens with one attached hydrogen (secondary N) is 1. The summed E-state index contributed by atoms with van der Waals surface area (Å²) in [4.78, 5) is 14.9. The van der Waals surface area contributed by atoms with Crippen LogP contribution >= 0.6 is 0 Å². The third-order valence-corrected chi connectivity index (χ3v) is 6.59. The molecule has 1 fully saturated rings. The van der Waals surface area contributed by atoms with Gasteiger partial charge in [-0.05, 0) is 68.0 Å². The zero-order chi connectivity index (χ0) is 21.7. The Hall–Kier alpha value is -2.54. The fourth-order valence-corrected chi connectivity index (χ4v) is 4.64. The maximum atomic E-state index is 12.5. The lowest BCUT2D eigenvalue weighted by Crippen LogP contribution is -2.40. The van der Waals surface area contributed by atoms with Gasteiger partial charge in [0.2, 0.25) is 15.9 Å². The van der Waals surface area contributed by atoms with Gasteiger partial charge in [-0.15, -0.1) is 0 Å². The number of benzene rings is 2. The molecular formula is C23H31N3O3S. The topological polar surface area (TPSA) is 69.7 Å². The second-order valence-corrected chi connectivity index (χ2v) is 9.96. The summed E-state index contributed by atoms with van der Waals surface area (Å²) in [5, 5.41) is 2.85. The summed E-state index contributed by atoms with van der Waals surface area (Å²) in [6, 6.07) is 13.8. The predicted octanol–water partition coefficient (Wildman–Crippen LogP) is 3.38. The van der Waals surface area contributed by atoms with Gasteiger partial charge in [0, 0.05) is 25.3 Å². The Morgan fingerprint density at radius 1 is 1.03 bits per heavy atom. The third kappa shape index (κ3) is 5.75. The van der Waals surface area contributed by atoms with Crippen LogP contribution in [0.2, 0.25) is 0 Å². The molecule has 0 unspecified atom stereocenters. The van der Waals surface area contributed by atoms with E-state index in [9.17, 15) is 13.2 Å². The van der Waals surface area contributed by atoms with Crippen molar-refractivity contribution in [2.75, 3.05) is 35.1 Å². The molecule has 0 aromatic heterocycles. The first-order chi connectivity index (χ1) is 14.2. The van der Waals surface area contributed by atoms with Crippen LogP contribution in [-0.2, 0) is 21.4 Å². The lowest BCUT2D eigenvalue weighted by atomic mass is 10.1. The maximum Gasteiger partial charge on any atom is 0.241 e. The Kier molecular flexibility index (Phi) is 7.02. The summed E-state index contributed by atoms with van der Waals surface area (Å²) in [7, 11) is -3.59. The SMILES string of the molecule is Cc1ccc(C)c(N(CC(=O)NCc2ccc(N3CCCCC3)cc2)S(C)(=O)=O)c1. The van der Waals surface area contributed by atoms with Crippen LogP contribution in [0, 0.1) is 13.8 Å². The van der Waals surface area contributed by atoms with E-state index >= 15 is 0 Å². The largest absolute Gasteiger partial charge is 0.372 e. The van der Waals surface area contributed by atoms with Gasteiger partial charge in [-0.25, -0.2) is 8.42 Å². The van der Waals surface area contributed by atoms with Crippen molar-refractivity contribution in [3.8, 4) is 0 Å². The van der Waals surface area contributed by atoms with Crippen molar-refractivity contribution in [1.29, 1.82) is 0 Å². The van der Waals surface area contributed by atoms with Gasteiger partial charge in [0.05, 0.1) is 11.9 Å². The van der Waals surface area contributed by atoms with Gasteiger partial charge >= 0.3 is 0 Å². The second-order valence-electron chi connectivity index (χ2n) is 8.05. The summed E-state index contributed by atoms with van der Waals surface area (Å²) in [5.74, 6) is -0.332. The van der Waals surface area contributed by atoms with Crippen molar-refractivity contribution < 1.29 is 13.2 Å². The standard InChI is InChI=1S/C23H31N3O3S/c1-18-7-8-19(2)22(15-18)26(30(3,28)29)17-23(27)24-16-20-9-11-21(12-10-20)25-13-5-4-6-14-25/h7-12,15H,4-6,13-14,16-17H2,1-3H3,(H,24,27). The van der Waals surface area contributed by atoms with Crippen LogP contribution in [0.15, 0.2) is 42.5 Å². The number of carbonyl (C=O) groups is 1. The van der Waals surface area contributed by atoms with Crippen LogP contribution in [0.25, 0.3) is 0 Å². The minimum Gasteiger partial charge on any atom is -0.372 e. The van der Waals surface area contributed by atoms with E-state index in [0.29, 0.717) is 12.2 Å². The summed E-state index contributed by atoms with van der Waals surface area (Å²) in [6.45, 7) is 6.05. The zero-order valence-corrected chi connectivity index (χ0v) is 18.8. The highest BCUT2D eigenvalue weighted by molar-refractivity contribution is 7.92. The van der Waals surface area contributed by atoms with Crippen molar-refractivity contribution in [2.45, 2.75) is 39.7 Å².